The molecule has 0 aliphatic rings. The number of amides is 1. The molecule has 130 valence electrons. The number of rotatable bonds is 4. The van der Waals surface area contributed by atoms with Crippen LogP contribution in [-0.4, -0.2) is 35.2 Å². The fourth-order valence-corrected chi connectivity index (χ4v) is 2.88. The topological polar surface area (TPSA) is 74.0 Å². The molecular formula is C20H18N4O2. The van der Waals surface area contributed by atoms with Crippen molar-refractivity contribution in [3.05, 3.63) is 66.4 Å². The van der Waals surface area contributed by atoms with Gasteiger partial charge in [-0.1, -0.05) is 30.3 Å². The Morgan fingerprint density at radius 3 is 2.65 bits per heavy atom. The van der Waals surface area contributed by atoms with Crippen LogP contribution < -0.4 is 9.64 Å². The molecule has 0 unspecified atom stereocenters. The summed E-state index contributed by atoms with van der Waals surface area (Å²) < 4.78 is 5.22. The van der Waals surface area contributed by atoms with Crippen LogP contribution in [-0.2, 0) is 0 Å². The normalized spacial score (nSPS) is 10.8. The molecule has 2 N–H and O–H groups in total. The number of H-pyrrole nitrogens is 2. The van der Waals surface area contributed by atoms with Gasteiger partial charge in [0.2, 0.25) is 0 Å². The summed E-state index contributed by atoms with van der Waals surface area (Å²) in [7, 11) is 3.32. The molecular weight excluding hydrogens is 328 g/mol. The monoisotopic (exact) mass is 346 g/mol. The number of aromatic nitrogens is 3. The second-order valence-electron chi connectivity index (χ2n) is 6.01. The number of nitrogens with zero attached hydrogens (tertiary/aromatic N) is 2. The van der Waals surface area contributed by atoms with Crippen LogP contribution >= 0.6 is 0 Å². The zero-order valence-electron chi connectivity index (χ0n) is 14.5. The van der Waals surface area contributed by atoms with E-state index in [2.05, 4.69) is 15.2 Å². The molecule has 2 heterocycles. The standard InChI is InChI=1S/C20H18N4O2/c1-24(19-12-17(22-23-19)13-6-4-3-5-7-13)20(25)18-10-14-8-9-15(26-2)11-16(14)21-18/h3-12,21H,1-2H3,(H,22,23). The lowest BCUT2D eigenvalue weighted by Gasteiger charge is -2.12. The molecule has 2 aromatic heterocycles. The molecule has 0 saturated carbocycles. The van der Waals surface area contributed by atoms with Gasteiger partial charge in [-0.25, -0.2) is 0 Å². The molecule has 0 fully saturated rings. The first kappa shape index (κ1) is 16.0. The SMILES string of the molecule is COc1ccc2cc(C(=O)N(C)c3cc(-c4ccccc4)[nH]n3)[nH]c2c1. The number of carbonyl (C=O) groups excluding carboxylic acids is 1. The average Bonchev–Trinajstić information content (AvgIpc) is 3.34. The number of methoxy groups -OCH3 is 1. The van der Waals surface area contributed by atoms with Crippen molar-refractivity contribution in [1.82, 2.24) is 15.2 Å². The molecule has 0 aliphatic heterocycles. The van der Waals surface area contributed by atoms with Crippen molar-refractivity contribution >= 4 is 22.6 Å². The van der Waals surface area contributed by atoms with Gasteiger partial charge in [-0.05, 0) is 23.8 Å². The molecule has 4 rings (SSSR count). The number of hydrogen-bond donors (Lipinski definition) is 2. The van der Waals surface area contributed by atoms with Crippen LogP contribution in [0.4, 0.5) is 5.82 Å². The third-order valence-corrected chi connectivity index (χ3v) is 4.36. The van der Waals surface area contributed by atoms with Crippen LogP contribution in [0.1, 0.15) is 10.5 Å². The third-order valence-electron chi connectivity index (χ3n) is 4.36. The molecule has 0 aliphatic carbocycles. The quantitative estimate of drug-likeness (QED) is 0.589. The number of ether oxygens (including phenoxy) is 1. The summed E-state index contributed by atoms with van der Waals surface area (Å²) in [6, 6.07) is 19.2. The van der Waals surface area contributed by atoms with Gasteiger partial charge in [0, 0.05) is 30.1 Å². The van der Waals surface area contributed by atoms with E-state index in [1.54, 1.807) is 14.2 Å². The molecule has 6 nitrogen and oxygen atoms in total. The Bertz CT molecular complexity index is 1070. The van der Waals surface area contributed by atoms with E-state index in [-0.39, 0.29) is 5.91 Å². The molecule has 0 spiro atoms. The molecule has 4 aromatic rings. The number of benzene rings is 2. The first-order chi connectivity index (χ1) is 12.7. The summed E-state index contributed by atoms with van der Waals surface area (Å²) in [5.41, 5.74) is 3.24. The third kappa shape index (κ3) is 2.82. The van der Waals surface area contributed by atoms with Crippen LogP contribution in [0.5, 0.6) is 5.75 Å². The van der Waals surface area contributed by atoms with Crippen molar-refractivity contribution in [2.75, 3.05) is 19.1 Å². The van der Waals surface area contributed by atoms with E-state index in [0.29, 0.717) is 11.5 Å². The van der Waals surface area contributed by atoms with Gasteiger partial charge in [0.15, 0.2) is 5.82 Å². The lowest BCUT2D eigenvalue weighted by Crippen LogP contribution is -2.26. The molecule has 26 heavy (non-hydrogen) atoms. The van der Waals surface area contributed by atoms with Gasteiger partial charge >= 0.3 is 0 Å². The van der Waals surface area contributed by atoms with E-state index in [4.69, 9.17) is 4.74 Å². The van der Waals surface area contributed by atoms with Gasteiger partial charge in [0.05, 0.1) is 12.8 Å². The molecule has 0 bridgehead atoms. The van der Waals surface area contributed by atoms with Gasteiger partial charge in [-0.2, -0.15) is 5.10 Å². The summed E-state index contributed by atoms with van der Waals surface area (Å²) in [4.78, 5) is 17.5. The van der Waals surface area contributed by atoms with E-state index >= 15 is 0 Å². The minimum Gasteiger partial charge on any atom is -0.497 e. The Hall–Kier alpha value is -3.54. The molecule has 0 radical (unpaired) electrons. The second-order valence-corrected chi connectivity index (χ2v) is 6.01. The smallest absolute Gasteiger partial charge is 0.275 e. The predicted octanol–water partition coefficient (Wildman–Crippen LogP) is 3.84. The highest BCUT2D eigenvalue weighted by Gasteiger charge is 2.18. The number of nitrogens with one attached hydrogen (secondary N) is 2. The van der Waals surface area contributed by atoms with E-state index in [1.165, 1.54) is 4.90 Å². The van der Waals surface area contributed by atoms with Gasteiger partial charge < -0.3 is 9.72 Å². The maximum Gasteiger partial charge on any atom is 0.275 e. The highest BCUT2D eigenvalue weighted by atomic mass is 16.5. The maximum atomic E-state index is 12.8. The van der Waals surface area contributed by atoms with Gasteiger partial charge in [0.25, 0.3) is 5.91 Å². The number of anilines is 1. The Labute approximate surface area is 150 Å². The van der Waals surface area contributed by atoms with Crippen molar-refractivity contribution < 1.29 is 9.53 Å². The minimum absolute atomic E-state index is 0.161. The molecule has 2 aromatic carbocycles. The Morgan fingerprint density at radius 2 is 1.88 bits per heavy atom. The maximum absolute atomic E-state index is 12.8. The predicted molar refractivity (Wildman–Crippen MR) is 102 cm³/mol. The van der Waals surface area contributed by atoms with E-state index in [1.807, 2.05) is 60.7 Å². The molecule has 0 saturated heterocycles. The molecule has 1 amide bonds. The zero-order valence-corrected chi connectivity index (χ0v) is 14.5. The molecule has 0 atom stereocenters. The van der Waals surface area contributed by atoms with Crippen LogP contribution in [0.25, 0.3) is 22.2 Å². The van der Waals surface area contributed by atoms with E-state index < -0.39 is 0 Å². The number of aromatic amines is 2. The number of carbonyl (C=O) groups is 1. The summed E-state index contributed by atoms with van der Waals surface area (Å²) in [6.07, 6.45) is 0. The fourth-order valence-electron chi connectivity index (χ4n) is 2.88. The number of hydrogen-bond acceptors (Lipinski definition) is 3. The Kier molecular flexibility index (Phi) is 3.93. The van der Waals surface area contributed by atoms with Crippen molar-refractivity contribution in [2.45, 2.75) is 0 Å². The van der Waals surface area contributed by atoms with Crippen LogP contribution in [0.2, 0.25) is 0 Å². The first-order valence-corrected chi connectivity index (χ1v) is 8.21. The van der Waals surface area contributed by atoms with Crippen molar-refractivity contribution in [3.8, 4) is 17.0 Å². The number of fused-ring (bicyclic) bond motifs is 1. The average molecular weight is 346 g/mol. The van der Waals surface area contributed by atoms with Crippen molar-refractivity contribution in [2.24, 2.45) is 0 Å². The van der Waals surface area contributed by atoms with Gasteiger partial charge in [-0.3, -0.25) is 14.8 Å². The fraction of sp³-hybridized carbons (Fsp3) is 0.100. The minimum atomic E-state index is -0.161. The van der Waals surface area contributed by atoms with E-state index in [0.717, 1.165) is 27.9 Å². The molecule has 6 heteroatoms. The van der Waals surface area contributed by atoms with Gasteiger partial charge in [-0.15, -0.1) is 0 Å². The Balaban J connectivity index is 1.61. The van der Waals surface area contributed by atoms with Gasteiger partial charge in [0.1, 0.15) is 11.4 Å². The summed E-state index contributed by atoms with van der Waals surface area (Å²) in [6.45, 7) is 0. The summed E-state index contributed by atoms with van der Waals surface area (Å²) in [5.74, 6) is 1.14. The second kappa shape index (κ2) is 6.40. The van der Waals surface area contributed by atoms with Crippen LogP contribution in [0.3, 0.4) is 0 Å². The van der Waals surface area contributed by atoms with E-state index in [9.17, 15) is 4.79 Å². The highest BCUT2D eigenvalue weighted by Crippen LogP contribution is 2.24. The van der Waals surface area contributed by atoms with Crippen LogP contribution in [0.15, 0.2) is 60.7 Å². The summed E-state index contributed by atoms with van der Waals surface area (Å²) >= 11 is 0. The Morgan fingerprint density at radius 1 is 1.08 bits per heavy atom. The van der Waals surface area contributed by atoms with Crippen LogP contribution in [0, 0.1) is 0 Å². The van der Waals surface area contributed by atoms with Crippen molar-refractivity contribution in [3.63, 3.8) is 0 Å². The lowest BCUT2D eigenvalue weighted by molar-refractivity contribution is 0.0988. The zero-order chi connectivity index (χ0) is 18.1. The highest BCUT2D eigenvalue weighted by molar-refractivity contribution is 6.07. The summed E-state index contributed by atoms with van der Waals surface area (Å²) in [5, 5.41) is 8.20. The lowest BCUT2D eigenvalue weighted by atomic mass is 10.1. The first-order valence-electron chi connectivity index (χ1n) is 8.21. The van der Waals surface area contributed by atoms with Crippen molar-refractivity contribution in [1.29, 1.82) is 0 Å². The largest absolute Gasteiger partial charge is 0.497 e.